The zero-order chi connectivity index (χ0) is 16.1. The van der Waals surface area contributed by atoms with E-state index >= 15 is 0 Å². The molecule has 2 aliphatic rings. The third kappa shape index (κ3) is 2.51. The molecule has 0 aromatic carbocycles. The lowest BCUT2D eigenvalue weighted by atomic mass is 9.98. The molecule has 6 heteroatoms. The van der Waals surface area contributed by atoms with Gasteiger partial charge in [0.2, 0.25) is 5.95 Å². The van der Waals surface area contributed by atoms with Crippen LogP contribution in [0.2, 0.25) is 0 Å². The summed E-state index contributed by atoms with van der Waals surface area (Å²) in [4.78, 5) is 16.1. The number of hydrogen-bond acceptors (Lipinski definition) is 6. The van der Waals surface area contributed by atoms with Crippen LogP contribution in [0.1, 0.15) is 36.9 Å². The molecule has 4 heterocycles. The molecular formula is C17H24N6. The van der Waals surface area contributed by atoms with Gasteiger partial charge < -0.3 is 16.0 Å². The summed E-state index contributed by atoms with van der Waals surface area (Å²) < 4.78 is 0. The smallest absolute Gasteiger partial charge is 0.226 e. The lowest BCUT2D eigenvalue weighted by Gasteiger charge is -2.36. The van der Waals surface area contributed by atoms with Crippen molar-refractivity contribution in [1.82, 2.24) is 19.9 Å². The van der Waals surface area contributed by atoms with Crippen LogP contribution in [-0.2, 0) is 0 Å². The second-order valence-electron chi connectivity index (χ2n) is 7.07. The topological polar surface area (TPSA) is 80.0 Å². The summed E-state index contributed by atoms with van der Waals surface area (Å²) in [6, 6.07) is 3.81. The van der Waals surface area contributed by atoms with E-state index in [1.807, 2.05) is 19.9 Å². The van der Waals surface area contributed by atoms with Crippen LogP contribution in [0.25, 0.3) is 11.0 Å². The molecule has 2 atom stereocenters. The number of pyridine rings is 1. The Labute approximate surface area is 136 Å². The second-order valence-corrected chi connectivity index (χ2v) is 7.07. The minimum Gasteiger partial charge on any atom is -0.383 e. The molecule has 23 heavy (non-hydrogen) atoms. The standard InChI is InChI=1S/C17H24N6/c1-9-6-10(2)19-16-14(9)15(18)21-17(22-16)20-11-7-12-4-5-13(8-11)23(12)3/h6,11-13H,4-5,7-8H2,1-3H3,(H3,18,19,20,21,22). The summed E-state index contributed by atoms with van der Waals surface area (Å²) in [5, 5.41) is 4.37. The predicted molar refractivity (Wildman–Crippen MR) is 92.4 cm³/mol. The van der Waals surface area contributed by atoms with E-state index in [1.54, 1.807) is 0 Å². The quantitative estimate of drug-likeness (QED) is 0.885. The van der Waals surface area contributed by atoms with Gasteiger partial charge in [0.15, 0.2) is 5.65 Å². The second kappa shape index (κ2) is 5.30. The lowest BCUT2D eigenvalue weighted by molar-refractivity contribution is 0.168. The van der Waals surface area contributed by atoms with E-state index in [9.17, 15) is 0 Å². The van der Waals surface area contributed by atoms with Crippen LogP contribution in [0.3, 0.4) is 0 Å². The number of rotatable bonds is 2. The van der Waals surface area contributed by atoms with E-state index < -0.39 is 0 Å². The van der Waals surface area contributed by atoms with Crippen LogP contribution in [-0.4, -0.2) is 45.0 Å². The highest BCUT2D eigenvalue weighted by molar-refractivity contribution is 5.89. The van der Waals surface area contributed by atoms with Gasteiger partial charge in [-0.3, -0.25) is 0 Å². The molecule has 2 fully saturated rings. The maximum atomic E-state index is 6.16. The summed E-state index contributed by atoms with van der Waals surface area (Å²) in [6.07, 6.45) is 4.91. The fourth-order valence-electron chi connectivity index (χ4n) is 4.29. The molecule has 3 N–H and O–H groups in total. The third-order valence-corrected chi connectivity index (χ3v) is 5.45. The summed E-state index contributed by atoms with van der Waals surface area (Å²) >= 11 is 0. The van der Waals surface area contributed by atoms with Gasteiger partial charge in [-0.25, -0.2) is 4.98 Å². The van der Waals surface area contributed by atoms with E-state index in [-0.39, 0.29) is 0 Å². The summed E-state index contributed by atoms with van der Waals surface area (Å²) in [6.45, 7) is 4.00. The highest BCUT2D eigenvalue weighted by Crippen LogP contribution is 2.35. The van der Waals surface area contributed by atoms with E-state index in [2.05, 4.69) is 32.2 Å². The van der Waals surface area contributed by atoms with Gasteiger partial charge in [-0.1, -0.05) is 0 Å². The molecule has 0 spiro atoms. The van der Waals surface area contributed by atoms with Crippen molar-refractivity contribution in [2.24, 2.45) is 0 Å². The molecule has 2 saturated heterocycles. The highest BCUT2D eigenvalue weighted by Gasteiger charge is 2.38. The first-order valence-electron chi connectivity index (χ1n) is 8.41. The van der Waals surface area contributed by atoms with E-state index in [0.29, 0.717) is 35.5 Å². The van der Waals surface area contributed by atoms with Crippen molar-refractivity contribution in [1.29, 1.82) is 0 Å². The van der Waals surface area contributed by atoms with Crippen LogP contribution < -0.4 is 11.1 Å². The van der Waals surface area contributed by atoms with Crippen LogP contribution >= 0.6 is 0 Å². The Kier molecular flexibility index (Phi) is 3.37. The van der Waals surface area contributed by atoms with Crippen molar-refractivity contribution < 1.29 is 0 Å². The molecule has 2 bridgehead atoms. The van der Waals surface area contributed by atoms with Crippen LogP contribution in [0.5, 0.6) is 0 Å². The molecule has 6 nitrogen and oxygen atoms in total. The molecule has 0 saturated carbocycles. The number of anilines is 2. The first kappa shape index (κ1) is 14.6. The number of nitrogens with one attached hydrogen (secondary N) is 1. The van der Waals surface area contributed by atoms with Crippen molar-refractivity contribution >= 4 is 22.8 Å². The Balaban J connectivity index is 1.63. The first-order chi connectivity index (χ1) is 11.0. The fraction of sp³-hybridized carbons (Fsp3) is 0.588. The number of piperidine rings is 1. The Hall–Kier alpha value is -1.95. The molecule has 2 aliphatic heterocycles. The highest BCUT2D eigenvalue weighted by atomic mass is 15.2. The van der Waals surface area contributed by atoms with Crippen molar-refractivity contribution in [3.8, 4) is 0 Å². The fourth-order valence-corrected chi connectivity index (χ4v) is 4.29. The molecule has 2 unspecified atom stereocenters. The minimum absolute atomic E-state index is 0.423. The van der Waals surface area contributed by atoms with E-state index in [1.165, 1.54) is 12.8 Å². The van der Waals surface area contributed by atoms with Crippen molar-refractivity contribution in [2.45, 2.75) is 57.7 Å². The summed E-state index contributed by atoms with van der Waals surface area (Å²) in [7, 11) is 2.25. The normalized spacial score (nSPS) is 27.5. The number of fused-ring (bicyclic) bond motifs is 3. The van der Waals surface area contributed by atoms with Gasteiger partial charge >= 0.3 is 0 Å². The Morgan fingerprint density at radius 2 is 1.83 bits per heavy atom. The van der Waals surface area contributed by atoms with Gasteiger partial charge in [-0.2, -0.15) is 9.97 Å². The van der Waals surface area contributed by atoms with E-state index in [4.69, 9.17) is 5.73 Å². The minimum atomic E-state index is 0.423. The van der Waals surface area contributed by atoms with Crippen molar-refractivity contribution in [3.05, 3.63) is 17.3 Å². The average molecular weight is 312 g/mol. The van der Waals surface area contributed by atoms with Gasteiger partial charge in [0.05, 0.1) is 5.39 Å². The van der Waals surface area contributed by atoms with Gasteiger partial charge in [-0.05, 0) is 58.2 Å². The van der Waals surface area contributed by atoms with Gasteiger partial charge in [0.25, 0.3) is 0 Å². The largest absolute Gasteiger partial charge is 0.383 e. The third-order valence-electron chi connectivity index (χ3n) is 5.45. The van der Waals surface area contributed by atoms with Crippen LogP contribution in [0.15, 0.2) is 6.07 Å². The maximum absolute atomic E-state index is 6.16. The first-order valence-corrected chi connectivity index (χ1v) is 8.41. The number of nitrogen functional groups attached to an aromatic ring is 1. The average Bonchev–Trinajstić information content (AvgIpc) is 2.69. The lowest BCUT2D eigenvalue weighted by Crippen LogP contribution is -2.44. The van der Waals surface area contributed by atoms with Crippen LogP contribution in [0, 0.1) is 13.8 Å². The Morgan fingerprint density at radius 3 is 2.52 bits per heavy atom. The van der Waals surface area contributed by atoms with Crippen molar-refractivity contribution in [2.75, 3.05) is 18.1 Å². The molecule has 2 aromatic heterocycles. The number of aryl methyl sites for hydroxylation is 2. The maximum Gasteiger partial charge on any atom is 0.226 e. The zero-order valence-electron chi connectivity index (χ0n) is 14.0. The summed E-state index contributed by atoms with van der Waals surface area (Å²) in [5.74, 6) is 1.12. The number of nitrogens with two attached hydrogens (primary N) is 1. The van der Waals surface area contributed by atoms with Gasteiger partial charge in [0.1, 0.15) is 5.82 Å². The molecule has 2 aromatic rings. The SMILES string of the molecule is Cc1cc(C)c2c(N)nc(NC3CC4CCC(C3)N4C)nc2n1. The molecule has 4 rings (SSSR count). The van der Waals surface area contributed by atoms with Crippen LogP contribution in [0.4, 0.5) is 11.8 Å². The molecule has 0 amide bonds. The molecule has 0 radical (unpaired) electrons. The van der Waals surface area contributed by atoms with Crippen molar-refractivity contribution in [3.63, 3.8) is 0 Å². The Morgan fingerprint density at radius 1 is 1.13 bits per heavy atom. The predicted octanol–water partition coefficient (Wildman–Crippen LogP) is 2.26. The number of hydrogen-bond donors (Lipinski definition) is 2. The monoisotopic (exact) mass is 312 g/mol. The van der Waals surface area contributed by atoms with Gasteiger partial charge in [-0.15, -0.1) is 0 Å². The van der Waals surface area contributed by atoms with E-state index in [0.717, 1.165) is 29.5 Å². The van der Waals surface area contributed by atoms with Gasteiger partial charge in [0, 0.05) is 23.8 Å². The molecule has 0 aliphatic carbocycles. The molecular weight excluding hydrogens is 288 g/mol. The Bertz CT molecular complexity index is 744. The number of nitrogens with zero attached hydrogens (tertiary/aromatic N) is 4. The zero-order valence-corrected chi connectivity index (χ0v) is 14.0. The number of aromatic nitrogens is 3. The summed E-state index contributed by atoms with van der Waals surface area (Å²) in [5.41, 5.74) is 8.88. The molecule has 122 valence electrons.